The molecule has 10 heteroatoms. The smallest absolute Gasteiger partial charge is 0.277 e. The fourth-order valence-electron chi connectivity index (χ4n) is 2.45. The maximum absolute atomic E-state index is 12.1. The largest absolute Gasteiger partial charge is 0.353 e. The quantitative estimate of drug-likeness (QED) is 0.623. The van der Waals surface area contributed by atoms with Crippen molar-refractivity contribution in [3.63, 3.8) is 0 Å². The first-order chi connectivity index (χ1) is 12.8. The van der Waals surface area contributed by atoms with Crippen LogP contribution in [0.25, 0.3) is 10.2 Å². The van der Waals surface area contributed by atoms with Gasteiger partial charge >= 0.3 is 0 Å². The third kappa shape index (κ3) is 4.38. The van der Waals surface area contributed by atoms with Gasteiger partial charge in [-0.05, 0) is 36.2 Å². The third-order valence-electron chi connectivity index (χ3n) is 3.69. The number of nitrogens with one attached hydrogen (secondary N) is 1. The Labute approximate surface area is 162 Å². The van der Waals surface area contributed by atoms with Gasteiger partial charge in [0.1, 0.15) is 0 Å². The first-order valence-corrected chi connectivity index (χ1v) is 10.8. The lowest BCUT2D eigenvalue weighted by Gasteiger charge is -2.22. The van der Waals surface area contributed by atoms with Crippen LogP contribution in [0.2, 0.25) is 0 Å². The zero-order chi connectivity index (χ0) is 17.8. The standard InChI is InChI=1S/C16H16N4O3S3/c21-15(12-9-25-20-19-12)17-10-2-3-11-13(8-10)26-16(18-11)24-7-4-14-22-5-1-6-23-14/h2-3,8-9,14H,1,4-7H2,(H,17,21). The number of thiazole rings is 1. The topological polar surface area (TPSA) is 86.2 Å². The number of thioether (sulfide) groups is 1. The number of amides is 1. The van der Waals surface area contributed by atoms with Gasteiger partial charge in [0.15, 0.2) is 16.3 Å². The fourth-order valence-corrected chi connectivity index (χ4v) is 5.02. The zero-order valence-corrected chi connectivity index (χ0v) is 16.2. The highest BCUT2D eigenvalue weighted by molar-refractivity contribution is 8.01. The van der Waals surface area contributed by atoms with Crippen LogP contribution in [0.15, 0.2) is 27.9 Å². The minimum Gasteiger partial charge on any atom is -0.353 e. The molecule has 3 aromatic rings. The molecule has 4 rings (SSSR count). The van der Waals surface area contributed by atoms with Crippen LogP contribution >= 0.6 is 34.6 Å². The Bertz CT molecular complexity index is 878. The number of anilines is 1. The van der Waals surface area contributed by atoms with Crippen LogP contribution in [0, 0.1) is 0 Å². The summed E-state index contributed by atoms with van der Waals surface area (Å²) in [6, 6.07) is 5.69. The Morgan fingerprint density at radius 3 is 3.04 bits per heavy atom. The van der Waals surface area contributed by atoms with Gasteiger partial charge in [0, 0.05) is 23.2 Å². The van der Waals surface area contributed by atoms with E-state index in [4.69, 9.17) is 9.47 Å². The number of carbonyl (C=O) groups is 1. The molecular formula is C16H16N4O3S3. The van der Waals surface area contributed by atoms with Crippen molar-refractivity contribution in [3.8, 4) is 0 Å². The number of hydrogen-bond acceptors (Lipinski definition) is 9. The van der Waals surface area contributed by atoms with E-state index in [0.717, 1.165) is 63.6 Å². The van der Waals surface area contributed by atoms with E-state index in [9.17, 15) is 4.79 Å². The van der Waals surface area contributed by atoms with Crippen LogP contribution in [0.3, 0.4) is 0 Å². The van der Waals surface area contributed by atoms with Gasteiger partial charge in [-0.2, -0.15) is 0 Å². The maximum Gasteiger partial charge on any atom is 0.277 e. The van der Waals surface area contributed by atoms with Crippen molar-refractivity contribution in [2.75, 3.05) is 24.3 Å². The molecule has 2 aromatic heterocycles. The number of rotatable bonds is 6. The van der Waals surface area contributed by atoms with Gasteiger partial charge in [0.05, 0.1) is 23.4 Å². The number of carbonyl (C=O) groups excluding carboxylic acids is 1. The van der Waals surface area contributed by atoms with Gasteiger partial charge < -0.3 is 14.8 Å². The Morgan fingerprint density at radius 1 is 1.35 bits per heavy atom. The minimum atomic E-state index is -0.260. The van der Waals surface area contributed by atoms with E-state index in [1.54, 1.807) is 28.5 Å². The number of ether oxygens (including phenoxy) is 2. The van der Waals surface area contributed by atoms with E-state index < -0.39 is 0 Å². The Morgan fingerprint density at radius 2 is 2.23 bits per heavy atom. The summed E-state index contributed by atoms with van der Waals surface area (Å²) in [6.07, 6.45) is 1.73. The summed E-state index contributed by atoms with van der Waals surface area (Å²) in [5.41, 5.74) is 1.97. The Kier molecular flexibility index (Phi) is 5.75. The monoisotopic (exact) mass is 408 g/mol. The molecule has 0 radical (unpaired) electrons. The van der Waals surface area contributed by atoms with Gasteiger partial charge in [-0.1, -0.05) is 16.3 Å². The summed E-state index contributed by atoms with van der Waals surface area (Å²) in [6.45, 7) is 1.56. The number of fused-ring (bicyclic) bond motifs is 1. The second kappa shape index (κ2) is 8.40. The highest BCUT2D eigenvalue weighted by atomic mass is 32.2. The predicted octanol–water partition coefficient (Wildman–Crippen LogP) is 3.65. The summed E-state index contributed by atoms with van der Waals surface area (Å²) >= 11 is 4.47. The van der Waals surface area contributed by atoms with Gasteiger partial charge in [0.25, 0.3) is 5.91 Å². The SMILES string of the molecule is O=C(Nc1ccc2nc(SCCC3OCCCO3)sc2c1)c1csnn1. The summed E-state index contributed by atoms with van der Waals surface area (Å²) < 4.78 is 16.9. The average molecular weight is 409 g/mol. The van der Waals surface area contributed by atoms with Crippen LogP contribution in [0.4, 0.5) is 5.69 Å². The van der Waals surface area contributed by atoms with Gasteiger partial charge in [-0.15, -0.1) is 16.4 Å². The van der Waals surface area contributed by atoms with Crippen LogP contribution in [-0.2, 0) is 9.47 Å². The molecule has 0 atom stereocenters. The zero-order valence-electron chi connectivity index (χ0n) is 13.7. The highest BCUT2D eigenvalue weighted by Crippen LogP contribution is 2.32. The molecule has 1 amide bonds. The molecule has 26 heavy (non-hydrogen) atoms. The van der Waals surface area contributed by atoms with E-state index in [2.05, 4.69) is 19.9 Å². The summed E-state index contributed by atoms with van der Waals surface area (Å²) in [7, 11) is 0. The first kappa shape index (κ1) is 17.8. The van der Waals surface area contributed by atoms with Gasteiger partial charge in [-0.25, -0.2) is 4.98 Å². The molecule has 0 aliphatic carbocycles. The molecule has 1 aliphatic rings. The van der Waals surface area contributed by atoms with Crippen LogP contribution in [0.1, 0.15) is 23.3 Å². The molecule has 0 bridgehead atoms. The van der Waals surface area contributed by atoms with Crippen molar-refractivity contribution in [3.05, 3.63) is 29.3 Å². The summed E-state index contributed by atoms with van der Waals surface area (Å²) in [5, 5.41) is 8.23. The fraction of sp³-hybridized carbons (Fsp3) is 0.375. The molecule has 1 saturated heterocycles. The normalized spacial score (nSPS) is 15.4. The predicted molar refractivity (Wildman–Crippen MR) is 103 cm³/mol. The summed E-state index contributed by atoms with van der Waals surface area (Å²) in [4.78, 5) is 16.7. The molecule has 1 aliphatic heterocycles. The molecule has 0 unspecified atom stereocenters. The van der Waals surface area contributed by atoms with Gasteiger partial charge in [-0.3, -0.25) is 4.79 Å². The molecule has 0 spiro atoms. The molecule has 0 saturated carbocycles. The van der Waals surface area contributed by atoms with Crippen molar-refractivity contribution in [2.24, 2.45) is 0 Å². The van der Waals surface area contributed by atoms with Crippen molar-refractivity contribution in [2.45, 2.75) is 23.5 Å². The lowest BCUT2D eigenvalue weighted by Crippen LogP contribution is -2.25. The van der Waals surface area contributed by atoms with Crippen molar-refractivity contribution < 1.29 is 14.3 Å². The average Bonchev–Trinajstić information content (AvgIpc) is 3.32. The molecule has 136 valence electrons. The van der Waals surface area contributed by atoms with Crippen molar-refractivity contribution >= 4 is 56.4 Å². The highest BCUT2D eigenvalue weighted by Gasteiger charge is 2.15. The lowest BCUT2D eigenvalue weighted by molar-refractivity contribution is -0.178. The minimum absolute atomic E-state index is 0.0901. The van der Waals surface area contributed by atoms with Crippen molar-refractivity contribution in [1.29, 1.82) is 0 Å². The van der Waals surface area contributed by atoms with E-state index >= 15 is 0 Å². The van der Waals surface area contributed by atoms with E-state index in [0.29, 0.717) is 5.69 Å². The van der Waals surface area contributed by atoms with Gasteiger partial charge in [0.2, 0.25) is 0 Å². The molecule has 3 heterocycles. The second-order valence-electron chi connectivity index (χ2n) is 5.57. The first-order valence-electron chi connectivity index (χ1n) is 8.13. The Hall–Kier alpha value is -1.59. The van der Waals surface area contributed by atoms with Crippen LogP contribution in [0.5, 0.6) is 0 Å². The number of benzene rings is 1. The van der Waals surface area contributed by atoms with E-state index in [-0.39, 0.29) is 12.2 Å². The molecule has 1 fully saturated rings. The molecule has 7 nitrogen and oxygen atoms in total. The number of aromatic nitrogens is 3. The third-order valence-corrected chi connectivity index (χ3v) is 6.39. The molecular weight excluding hydrogens is 392 g/mol. The molecule has 1 aromatic carbocycles. The number of nitrogens with zero attached hydrogens (tertiary/aromatic N) is 3. The Balaban J connectivity index is 1.36. The second-order valence-corrected chi connectivity index (χ2v) is 8.55. The van der Waals surface area contributed by atoms with E-state index in [1.165, 1.54) is 0 Å². The van der Waals surface area contributed by atoms with Crippen LogP contribution < -0.4 is 5.32 Å². The number of hydrogen-bond donors (Lipinski definition) is 1. The molecule has 1 N–H and O–H groups in total. The summed E-state index contributed by atoms with van der Waals surface area (Å²) in [5.74, 6) is 0.634. The maximum atomic E-state index is 12.1. The van der Waals surface area contributed by atoms with E-state index in [1.807, 2.05) is 18.2 Å². The lowest BCUT2D eigenvalue weighted by atomic mass is 10.3. The van der Waals surface area contributed by atoms with Crippen LogP contribution in [-0.4, -0.2) is 45.7 Å². The van der Waals surface area contributed by atoms with Crippen molar-refractivity contribution in [1.82, 2.24) is 14.6 Å².